The fraction of sp³-hybridized carbons (Fsp3) is 0.778. The molecule has 0 unspecified atom stereocenters. The van der Waals surface area contributed by atoms with Crippen LogP contribution in [0.4, 0.5) is 0 Å². The molecular formula is C9H18U. The molecule has 0 radical (unpaired) electrons. The SMILES string of the molecule is CC.[CH2-]C1([CH2-])CC(C)C1.[U+2]. The Balaban J connectivity index is 0. The molecule has 0 aliphatic heterocycles. The van der Waals surface area contributed by atoms with Crippen LogP contribution in [0.2, 0.25) is 0 Å². The largest absolute Gasteiger partial charge is 2.00 e. The van der Waals surface area contributed by atoms with E-state index in [9.17, 15) is 0 Å². The third kappa shape index (κ3) is 4.80. The second-order valence-electron chi connectivity index (χ2n) is 3.01. The van der Waals surface area contributed by atoms with Crippen molar-refractivity contribution < 1.29 is 31.1 Å². The molecule has 0 N–H and O–H groups in total. The second-order valence-corrected chi connectivity index (χ2v) is 3.01. The van der Waals surface area contributed by atoms with Gasteiger partial charge in [-0.05, 0) is 0 Å². The Labute approximate surface area is 89.5 Å². The Kier molecular flexibility index (Phi) is 7.73. The van der Waals surface area contributed by atoms with Gasteiger partial charge in [-0.2, -0.15) is 0 Å². The van der Waals surface area contributed by atoms with Gasteiger partial charge in [0.25, 0.3) is 0 Å². The Morgan fingerprint density at radius 2 is 1.50 bits per heavy atom. The summed E-state index contributed by atoms with van der Waals surface area (Å²) in [7, 11) is 0. The molecule has 0 saturated heterocycles. The van der Waals surface area contributed by atoms with Gasteiger partial charge in [0.1, 0.15) is 0 Å². The first-order valence-electron chi connectivity index (χ1n) is 3.81. The van der Waals surface area contributed by atoms with Crippen molar-refractivity contribution in [3.8, 4) is 0 Å². The standard InChI is InChI=1S/C7H12.C2H6.U/c1-6-4-7(2,3)5-6;1-2;/h6H,2-5H2,1H3;1-2H3;/q-2;;+2. The van der Waals surface area contributed by atoms with E-state index in [4.69, 9.17) is 0 Å². The van der Waals surface area contributed by atoms with Crippen molar-refractivity contribution in [2.45, 2.75) is 33.6 Å². The predicted octanol–water partition coefficient (Wildman–Crippen LogP) is 3.10. The minimum atomic E-state index is 0. The van der Waals surface area contributed by atoms with Crippen molar-refractivity contribution in [2.24, 2.45) is 11.3 Å². The van der Waals surface area contributed by atoms with Crippen LogP contribution in [0.15, 0.2) is 0 Å². The fourth-order valence-electron chi connectivity index (χ4n) is 1.42. The van der Waals surface area contributed by atoms with Crippen LogP contribution >= 0.6 is 0 Å². The van der Waals surface area contributed by atoms with E-state index in [1.807, 2.05) is 13.8 Å². The van der Waals surface area contributed by atoms with E-state index in [1.165, 1.54) is 12.8 Å². The van der Waals surface area contributed by atoms with Crippen LogP contribution in [-0.4, -0.2) is 0 Å². The summed E-state index contributed by atoms with van der Waals surface area (Å²) in [4.78, 5) is 0. The van der Waals surface area contributed by atoms with Crippen molar-refractivity contribution in [2.75, 3.05) is 0 Å². The van der Waals surface area contributed by atoms with Crippen molar-refractivity contribution in [3.05, 3.63) is 13.8 Å². The molecule has 1 rings (SSSR count). The summed E-state index contributed by atoms with van der Waals surface area (Å²) in [6.07, 6.45) is 2.43. The Morgan fingerprint density at radius 3 is 1.50 bits per heavy atom. The molecule has 0 nitrogen and oxygen atoms in total. The van der Waals surface area contributed by atoms with Crippen LogP contribution in [0.25, 0.3) is 0 Å². The van der Waals surface area contributed by atoms with Crippen LogP contribution in [0.5, 0.6) is 0 Å². The van der Waals surface area contributed by atoms with Gasteiger partial charge in [-0.15, -0.1) is 0 Å². The van der Waals surface area contributed by atoms with Gasteiger partial charge < -0.3 is 13.8 Å². The normalized spacial score (nSPS) is 21.3. The summed E-state index contributed by atoms with van der Waals surface area (Å²) < 4.78 is 0. The van der Waals surface area contributed by atoms with Gasteiger partial charge in [0, 0.05) is 0 Å². The molecule has 0 aromatic carbocycles. The maximum atomic E-state index is 3.92. The predicted molar refractivity (Wildman–Crippen MR) is 42.9 cm³/mol. The number of hydrogen-bond acceptors (Lipinski definition) is 0. The molecule has 0 atom stereocenters. The fourth-order valence-corrected chi connectivity index (χ4v) is 1.42. The summed E-state index contributed by atoms with van der Waals surface area (Å²) in [5.41, 5.74) is 0.194. The van der Waals surface area contributed by atoms with Crippen LogP contribution in [0, 0.1) is 56.3 Å². The second kappa shape index (κ2) is 5.67. The zero-order valence-corrected chi connectivity index (χ0v) is 11.6. The van der Waals surface area contributed by atoms with E-state index in [-0.39, 0.29) is 36.5 Å². The third-order valence-corrected chi connectivity index (χ3v) is 1.56. The topological polar surface area (TPSA) is 0 Å². The Bertz CT molecular complexity index is 68.8. The average Bonchev–Trinajstić information content (AvgIpc) is 1.67. The van der Waals surface area contributed by atoms with E-state index in [2.05, 4.69) is 20.8 Å². The molecule has 1 fully saturated rings. The molecule has 0 amide bonds. The first-order chi connectivity index (χ1) is 4.10. The van der Waals surface area contributed by atoms with Gasteiger partial charge in [-0.1, -0.05) is 39.5 Å². The van der Waals surface area contributed by atoms with E-state index in [0.29, 0.717) is 0 Å². The van der Waals surface area contributed by atoms with E-state index >= 15 is 0 Å². The average molecular weight is 364 g/mol. The van der Waals surface area contributed by atoms with Crippen molar-refractivity contribution >= 4 is 0 Å². The minimum absolute atomic E-state index is 0. The molecule has 0 heterocycles. The quantitative estimate of drug-likeness (QED) is 0.580. The van der Waals surface area contributed by atoms with Gasteiger partial charge in [-0.25, -0.2) is 0 Å². The summed E-state index contributed by atoms with van der Waals surface area (Å²) >= 11 is 0. The van der Waals surface area contributed by atoms with Gasteiger partial charge in [-0.3, -0.25) is 5.41 Å². The van der Waals surface area contributed by atoms with Gasteiger partial charge in [0.2, 0.25) is 0 Å². The van der Waals surface area contributed by atoms with Crippen LogP contribution < -0.4 is 0 Å². The smallest absolute Gasteiger partial charge is 0.367 e. The van der Waals surface area contributed by atoms with Crippen LogP contribution in [0.3, 0.4) is 0 Å². The molecule has 1 aliphatic rings. The monoisotopic (exact) mass is 364 g/mol. The first-order valence-corrected chi connectivity index (χ1v) is 3.81. The van der Waals surface area contributed by atoms with Crippen molar-refractivity contribution in [1.82, 2.24) is 0 Å². The molecule has 0 spiro atoms. The third-order valence-electron chi connectivity index (χ3n) is 1.56. The molecule has 0 aromatic heterocycles. The van der Waals surface area contributed by atoms with Gasteiger partial charge >= 0.3 is 31.1 Å². The molecule has 1 heteroatoms. The summed E-state index contributed by atoms with van der Waals surface area (Å²) in [5.74, 6) is 0.884. The first kappa shape index (κ1) is 13.6. The summed E-state index contributed by atoms with van der Waals surface area (Å²) in [6.45, 7) is 14.1. The minimum Gasteiger partial charge on any atom is -0.367 e. The maximum Gasteiger partial charge on any atom is 2.00 e. The van der Waals surface area contributed by atoms with Gasteiger partial charge in [0.05, 0.1) is 0 Å². The Hall–Kier alpha value is 1.05. The van der Waals surface area contributed by atoms with Crippen LogP contribution in [-0.2, 0) is 0 Å². The Morgan fingerprint density at radius 1 is 1.20 bits per heavy atom. The maximum absolute atomic E-state index is 3.92. The van der Waals surface area contributed by atoms with E-state index in [1.54, 1.807) is 0 Å². The molecule has 10 heavy (non-hydrogen) atoms. The summed E-state index contributed by atoms with van der Waals surface area (Å²) in [6, 6.07) is 0. The van der Waals surface area contributed by atoms with Crippen LogP contribution in [0.1, 0.15) is 33.6 Å². The molecule has 58 valence electrons. The molecule has 1 aliphatic carbocycles. The van der Waals surface area contributed by atoms with Crippen molar-refractivity contribution in [3.63, 3.8) is 0 Å². The van der Waals surface area contributed by atoms with Crippen molar-refractivity contribution in [1.29, 1.82) is 0 Å². The molecular weight excluding hydrogens is 346 g/mol. The number of hydrogen-bond donors (Lipinski definition) is 0. The molecule has 0 bridgehead atoms. The zero-order chi connectivity index (χ0) is 7.49. The molecule has 0 aromatic rings. The number of rotatable bonds is 0. The zero-order valence-electron chi connectivity index (χ0n) is 7.41. The summed E-state index contributed by atoms with van der Waals surface area (Å²) in [5, 5.41) is 0. The van der Waals surface area contributed by atoms with E-state index in [0.717, 1.165) is 5.92 Å². The van der Waals surface area contributed by atoms with Gasteiger partial charge in [0.15, 0.2) is 0 Å². The van der Waals surface area contributed by atoms with E-state index < -0.39 is 0 Å². The molecule has 1 saturated carbocycles.